The molecule has 3 fully saturated rings. The molecule has 0 bridgehead atoms. The lowest BCUT2D eigenvalue weighted by Gasteiger charge is -2.48. The maximum Gasteiger partial charge on any atom is 0.407 e. The molecule has 7 nitrogen and oxygen atoms in total. The summed E-state index contributed by atoms with van der Waals surface area (Å²) in [6.07, 6.45) is 7.44. The lowest BCUT2D eigenvalue weighted by Crippen LogP contribution is -2.56. The van der Waals surface area contributed by atoms with E-state index in [0.717, 1.165) is 64.2 Å². The summed E-state index contributed by atoms with van der Waals surface area (Å²) in [5, 5.41) is 2.88. The van der Waals surface area contributed by atoms with E-state index in [1.807, 2.05) is 27.7 Å². The monoisotopic (exact) mass is 437 g/mol. The van der Waals surface area contributed by atoms with Gasteiger partial charge in [-0.15, -0.1) is 0 Å². The van der Waals surface area contributed by atoms with Crippen molar-refractivity contribution in [2.24, 2.45) is 11.8 Å². The number of nitrogens with zero attached hydrogens (tertiary/aromatic N) is 2. The van der Waals surface area contributed by atoms with Crippen LogP contribution in [-0.4, -0.2) is 78.9 Å². The van der Waals surface area contributed by atoms with Crippen molar-refractivity contribution in [2.45, 2.75) is 90.3 Å². The quantitative estimate of drug-likeness (QED) is 0.616. The Hall–Kier alpha value is -1.34. The minimum Gasteiger partial charge on any atom is -0.466 e. The van der Waals surface area contributed by atoms with Crippen molar-refractivity contribution >= 4 is 12.1 Å². The molecule has 1 heterocycles. The number of hydrogen-bond acceptors (Lipinski definition) is 6. The Balaban J connectivity index is 1.26. The number of piperazine rings is 1. The van der Waals surface area contributed by atoms with Crippen LogP contribution in [0.4, 0.5) is 4.79 Å². The first kappa shape index (κ1) is 24.3. The van der Waals surface area contributed by atoms with E-state index < -0.39 is 5.60 Å². The van der Waals surface area contributed by atoms with Gasteiger partial charge in [0.15, 0.2) is 0 Å². The molecule has 1 aliphatic heterocycles. The molecule has 1 N–H and O–H groups in total. The van der Waals surface area contributed by atoms with Gasteiger partial charge in [0.2, 0.25) is 0 Å². The highest BCUT2D eigenvalue weighted by Crippen LogP contribution is 2.35. The summed E-state index contributed by atoms with van der Waals surface area (Å²) >= 11 is 0. The van der Waals surface area contributed by atoms with E-state index in [4.69, 9.17) is 9.47 Å². The molecule has 0 spiro atoms. The van der Waals surface area contributed by atoms with E-state index in [0.29, 0.717) is 25.2 Å². The molecule has 0 aromatic heterocycles. The van der Waals surface area contributed by atoms with Gasteiger partial charge in [0, 0.05) is 44.8 Å². The zero-order chi connectivity index (χ0) is 22.4. The third-order valence-corrected chi connectivity index (χ3v) is 7.13. The van der Waals surface area contributed by atoms with Crippen LogP contribution in [0, 0.1) is 11.8 Å². The second-order valence-electron chi connectivity index (χ2n) is 10.5. The Morgan fingerprint density at radius 3 is 2.06 bits per heavy atom. The number of carbonyl (C=O) groups excluding carboxylic acids is 2. The first-order valence-electron chi connectivity index (χ1n) is 12.4. The van der Waals surface area contributed by atoms with Crippen LogP contribution in [0.5, 0.6) is 0 Å². The lowest BCUT2D eigenvalue weighted by molar-refractivity contribution is -0.149. The fourth-order valence-electron chi connectivity index (χ4n) is 5.33. The van der Waals surface area contributed by atoms with Crippen molar-refractivity contribution in [3.63, 3.8) is 0 Å². The van der Waals surface area contributed by atoms with E-state index in [-0.39, 0.29) is 18.0 Å². The third-order valence-electron chi connectivity index (χ3n) is 7.13. The summed E-state index contributed by atoms with van der Waals surface area (Å²) in [5.41, 5.74) is -0.436. The average molecular weight is 438 g/mol. The molecule has 0 atom stereocenters. The first-order chi connectivity index (χ1) is 14.7. The van der Waals surface area contributed by atoms with Gasteiger partial charge in [-0.3, -0.25) is 14.6 Å². The second-order valence-corrected chi connectivity index (χ2v) is 10.5. The van der Waals surface area contributed by atoms with Gasteiger partial charge in [-0.2, -0.15) is 0 Å². The fourth-order valence-corrected chi connectivity index (χ4v) is 5.33. The number of amides is 1. The molecule has 7 heteroatoms. The van der Waals surface area contributed by atoms with Crippen molar-refractivity contribution in [3.05, 3.63) is 0 Å². The zero-order valence-electron chi connectivity index (χ0n) is 20.0. The molecule has 0 unspecified atom stereocenters. The highest BCUT2D eigenvalue weighted by atomic mass is 16.6. The minimum atomic E-state index is -0.436. The molecule has 31 heavy (non-hydrogen) atoms. The van der Waals surface area contributed by atoms with Crippen molar-refractivity contribution in [2.75, 3.05) is 39.3 Å². The van der Waals surface area contributed by atoms with Crippen LogP contribution in [0.25, 0.3) is 0 Å². The standard InChI is InChI=1S/C24H43N3O4/c1-5-30-22(28)19-6-8-20(9-7-19)26-12-14-27(15-13-26)21-16-18(17-21)10-11-25-23(29)31-24(2,3)4/h18-21H,5-17H2,1-4H3,(H,25,29). The molecule has 0 aromatic carbocycles. The molecule has 3 rings (SSSR count). The van der Waals surface area contributed by atoms with Gasteiger partial charge in [-0.25, -0.2) is 4.79 Å². The first-order valence-corrected chi connectivity index (χ1v) is 12.4. The summed E-state index contributed by atoms with van der Waals surface area (Å²) in [6, 6.07) is 1.36. The summed E-state index contributed by atoms with van der Waals surface area (Å²) in [7, 11) is 0. The molecule has 0 aromatic rings. The Kier molecular flexibility index (Phi) is 8.62. The molecule has 1 amide bonds. The van der Waals surface area contributed by atoms with E-state index in [1.165, 1.54) is 12.8 Å². The van der Waals surface area contributed by atoms with Crippen molar-refractivity contribution in [1.29, 1.82) is 0 Å². The fraction of sp³-hybridized carbons (Fsp3) is 0.917. The van der Waals surface area contributed by atoms with E-state index in [2.05, 4.69) is 15.1 Å². The number of alkyl carbamates (subject to hydrolysis) is 1. The molecule has 178 valence electrons. The van der Waals surface area contributed by atoms with Gasteiger partial charge in [-0.05, 0) is 78.6 Å². The van der Waals surface area contributed by atoms with Gasteiger partial charge in [0.1, 0.15) is 5.60 Å². The van der Waals surface area contributed by atoms with Gasteiger partial charge in [-0.1, -0.05) is 0 Å². The molecule has 2 aliphatic carbocycles. The highest BCUT2D eigenvalue weighted by Gasteiger charge is 2.37. The number of ether oxygens (including phenoxy) is 2. The average Bonchev–Trinajstić information content (AvgIpc) is 2.69. The maximum absolute atomic E-state index is 11.9. The minimum absolute atomic E-state index is 0.00611. The largest absolute Gasteiger partial charge is 0.466 e. The molecular formula is C24H43N3O4. The van der Waals surface area contributed by atoms with Crippen LogP contribution in [0.15, 0.2) is 0 Å². The van der Waals surface area contributed by atoms with Gasteiger partial charge in [0.05, 0.1) is 12.5 Å². The van der Waals surface area contributed by atoms with E-state index >= 15 is 0 Å². The smallest absolute Gasteiger partial charge is 0.407 e. The van der Waals surface area contributed by atoms with Crippen LogP contribution in [-0.2, 0) is 14.3 Å². The Bertz CT molecular complexity index is 584. The Morgan fingerprint density at radius 1 is 0.935 bits per heavy atom. The Morgan fingerprint density at radius 2 is 1.52 bits per heavy atom. The third kappa shape index (κ3) is 7.35. The van der Waals surface area contributed by atoms with Crippen LogP contribution < -0.4 is 5.32 Å². The van der Waals surface area contributed by atoms with E-state index in [1.54, 1.807) is 0 Å². The van der Waals surface area contributed by atoms with Crippen molar-refractivity contribution in [3.8, 4) is 0 Å². The predicted octanol–water partition coefficient (Wildman–Crippen LogP) is 3.42. The summed E-state index contributed by atoms with van der Waals surface area (Å²) in [4.78, 5) is 29.0. The number of nitrogens with one attached hydrogen (secondary N) is 1. The molecule has 0 radical (unpaired) electrons. The van der Waals surface area contributed by atoms with Gasteiger partial charge < -0.3 is 14.8 Å². The van der Waals surface area contributed by atoms with Crippen molar-refractivity contribution in [1.82, 2.24) is 15.1 Å². The van der Waals surface area contributed by atoms with Crippen LogP contribution in [0.1, 0.15) is 72.6 Å². The zero-order valence-corrected chi connectivity index (χ0v) is 20.0. The topological polar surface area (TPSA) is 71.1 Å². The van der Waals surface area contributed by atoms with Crippen molar-refractivity contribution < 1.29 is 19.1 Å². The van der Waals surface area contributed by atoms with Crippen LogP contribution in [0.3, 0.4) is 0 Å². The number of rotatable bonds is 7. The van der Waals surface area contributed by atoms with E-state index in [9.17, 15) is 9.59 Å². The molecule has 1 saturated heterocycles. The predicted molar refractivity (Wildman–Crippen MR) is 121 cm³/mol. The highest BCUT2D eigenvalue weighted by molar-refractivity contribution is 5.72. The second kappa shape index (κ2) is 11.0. The molecule has 2 saturated carbocycles. The number of hydrogen-bond donors (Lipinski definition) is 1. The van der Waals surface area contributed by atoms with Gasteiger partial charge in [0.25, 0.3) is 0 Å². The normalized spacial score (nSPS) is 30.3. The number of esters is 1. The summed E-state index contributed by atoms with van der Waals surface area (Å²) in [5.74, 6) is 0.844. The summed E-state index contributed by atoms with van der Waals surface area (Å²) < 4.78 is 10.5. The number of carbonyl (C=O) groups is 2. The lowest BCUT2D eigenvalue weighted by atomic mass is 9.77. The SMILES string of the molecule is CCOC(=O)C1CCC(N2CCN(C3CC(CCNC(=O)OC(C)(C)C)C3)CC2)CC1. The molecule has 3 aliphatic rings. The Labute approximate surface area is 188 Å². The molecular weight excluding hydrogens is 394 g/mol. The summed E-state index contributed by atoms with van der Waals surface area (Å²) in [6.45, 7) is 13.3. The van der Waals surface area contributed by atoms with Crippen LogP contribution >= 0.6 is 0 Å². The van der Waals surface area contributed by atoms with Gasteiger partial charge >= 0.3 is 12.1 Å². The maximum atomic E-state index is 11.9. The van der Waals surface area contributed by atoms with Crippen LogP contribution in [0.2, 0.25) is 0 Å².